The normalized spacial score (nSPS) is 30.5. The summed E-state index contributed by atoms with van der Waals surface area (Å²) in [6, 6.07) is 0. The van der Waals surface area contributed by atoms with Crippen LogP contribution in [0.25, 0.3) is 0 Å². The molecule has 1 saturated carbocycles. The highest BCUT2D eigenvalue weighted by atomic mass is 16.5. The van der Waals surface area contributed by atoms with Crippen molar-refractivity contribution in [3.05, 3.63) is 11.6 Å². The van der Waals surface area contributed by atoms with E-state index in [9.17, 15) is 9.59 Å². The van der Waals surface area contributed by atoms with E-state index in [4.69, 9.17) is 4.74 Å². The Labute approximate surface area is 121 Å². The Morgan fingerprint density at radius 1 is 1.40 bits per heavy atom. The van der Waals surface area contributed by atoms with Crippen LogP contribution in [0.4, 0.5) is 0 Å². The summed E-state index contributed by atoms with van der Waals surface area (Å²) in [6.45, 7) is 6.62. The number of carbonyl (C=O) groups excluding carboxylic acids is 2. The molecule has 112 valence electrons. The van der Waals surface area contributed by atoms with Crippen molar-refractivity contribution >= 4 is 11.8 Å². The third-order valence-corrected chi connectivity index (χ3v) is 4.70. The van der Waals surface area contributed by atoms with Crippen LogP contribution in [0.5, 0.6) is 0 Å². The molecule has 0 radical (unpaired) electrons. The minimum absolute atomic E-state index is 0.0309. The SMILES string of the molecule is CC(C)[C@@H]1CC[C@@H](C)CC1OC(=O)CC1=CCCC1=O. The van der Waals surface area contributed by atoms with Crippen LogP contribution >= 0.6 is 0 Å². The van der Waals surface area contributed by atoms with Crippen molar-refractivity contribution in [2.45, 2.75) is 65.4 Å². The molecule has 2 rings (SSSR count). The molecule has 0 aromatic carbocycles. The molecule has 1 fully saturated rings. The molecule has 0 aromatic heterocycles. The Hall–Kier alpha value is -1.12. The fourth-order valence-electron chi connectivity index (χ4n) is 3.44. The predicted octanol–water partition coefficient (Wildman–Crippen LogP) is 3.67. The number of ketones is 1. The van der Waals surface area contributed by atoms with Crippen molar-refractivity contribution in [1.29, 1.82) is 0 Å². The molecule has 0 amide bonds. The van der Waals surface area contributed by atoms with E-state index in [2.05, 4.69) is 20.8 Å². The second-order valence-corrected chi connectivity index (χ2v) is 6.72. The van der Waals surface area contributed by atoms with Crippen LogP contribution in [-0.2, 0) is 14.3 Å². The topological polar surface area (TPSA) is 43.4 Å². The fraction of sp³-hybridized carbons (Fsp3) is 0.765. The lowest BCUT2D eigenvalue weighted by Gasteiger charge is -2.36. The van der Waals surface area contributed by atoms with Gasteiger partial charge in [0.1, 0.15) is 6.10 Å². The quantitative estimate of drug-likeness (QED) is 0.737. The highest BCUT2D eigenvalue weighted by Crippen LogP contribution is 2.35. The molecule has 0 spiro atoms. The summed E-state index contributed by atoms with van der Waals surface area (Å²) >= 11 is 0. The van der Waals surface area contributed by atoms with E-state index in [0.29, 0.717) is 29.7 Å². The summed E-state index contributed by atoms with van der Waals surface area (Å²) in [5.41, 5.74) is 0.653. The van der Waals surface area contributed by atoms with Crippen LogP contribution in [0.2, 0.25) is 0 Å². The van der Waals surface area contributed by atoms with Crippen molar-refractivity contribution in [2.75, 3.05) is 0 Å². The van der Waals surface area contributed by atoms with E-state index >= 15 is 0 Å². The van der Waals surface area contributed by atoms with E-state index < -0.39 is 0 Å². The fourth-order valence-corrected chi connectivity index (χ4v) is 3.44. The number of Topliss-reactive ketones (excluding diaryl/α,β-unsaturated/α-hetero) is 1. The van der Waals surface area contributed by atoms with Crippen LogP contribution < -0.4 is 0 Å². The largest absolute Gasteiger partial charge is 0.462 e. The summed E-state index contributed by atoms with van der Waals surface area (Å²) in [6.07, 6.45) is 6.72. The first-order valence-corrected chi connectivity index (χ1v) is 7.89. The smallest absolute Gasteiger partial charge is 0.310 e. The Balaban J connectivity index is 1.92. The maximum Gasteiger partial charge on any atom is 0.310 e. The van der Waals surface area contributed by atoms with Gasteiger partial charge in [0, 0.05) is 12.0 Å². The molecule has 1 unspecified atom stereocenters. The Kier molecular flexibility index (Phi) is 5.00. The number of carbonyl (C=O) groups is 2. The van der Waals surface area contributed by atoms with E-state index in [1.54, 1.807) is 0 Å². The average molecular weight is 278 g/mol. The molecular weight excluding hydrogens is 252 g/mol. The summed E-state index contributed by atoms with van der Waals surface area (Å²) in [5.74, 6) is 1.50. The van der Waals surface area contributed by atoms with Gasteiger partial charge in [0.2, 0.25) is 0 Å². The van der Waals surface area contributed by atoms with Crippen LogP contribution in [0.1, 0.15) is 59.3 Å². The number of rotatable bonds is 4. The third-order valence-electron chi connectivity index (χ3n) is 4.70. The zero-order valence-corrected chi connectivity index (χ0v) is 12.9. The molecule has 0 bridgehead atoms. The van der Waals surface area contributed by atoms with E-state index in [0.717, 1.165) is 19.3 Å². The van der Waals surface area contributed by atoms with Gasteiger partial charge in [0.05, 0.1) is 6.42 Å². The third kappa shape index (κ3) is 3.71. The van der Waals surface area contributed by atoms with Crippen LogP contribution in [0.3, 0.4) is 0 Å². The summed E-state index contributed by atoms with van der Waals surface area (Å²) in [7, 11) is 0. The van der Waals surface area contributed by atoms with Gasteiger partial charge < -0.3 is 4.74 Å². The van der Waals surface area contributed by atoms with Gasteiger partial charge in [0.15, 0.2) is 5.78 Å². The lowest BCUT2D eigenvalue weighted by atomic mass is 9.75. The molecule has 2 aliphatic carbocycles. The predicted molar refractivity (Wildman–Crippen MR) is 78.2 cm³/mol. The molecule has 0 saturated heterocycles. The maximum atomic E-state index is 12.1. The van der Waals surface area contributed by atoms with Crippen molar-refractivity contribution in [1.82, 2.24) is 0 Å². The molecule has 0 aliphatic heterocycles. The zero-order chi connectivity index (χ0) is 14.7. The van der Waals surface area contributed by atoms with Gasteiger partial charge in [-0.25, -0.2) is 0 Å². The molecular formula is C17H26O3. The van der Waals surface area contributed by atoms with Crippen LogP contribution in [0.15, 0.2) is 11.6 Å². The summed E-state index contributed by atoms with van der Waals surface area (Å²) in [4.78, 5) is 23.6. The molecule has 0 heterocycles. The number of allylic oxidation sites excluding steroid dienone is 1. The van der Waals surface area contributed by atoms with Gasteiger partial charge in [-0.05, 0) is 37.0 Å². The van der Waals surface area contributed by atoms with Crippen molar-refractivity contribution in [3.8, 4) is 0 Å². The second kappa shape index (κ2) is 6.55. The number of ether oxygens (including phenoxy) is 1. The highest BCUT2D eigenvalue weighted by Gasteiger charge is 2.33. The maximum absolute atomic E-state index is 12.1. The Morgan fingerprint density at radius 3 is 2.75 bits per heavy atom. The number of esters is 1. The standard InChI is InChI=1S/C17H26O3/c1-11(2)14-8-7-12(3)9-16(14)20-17(19)10-13-5-4-6-15(13)18/h5,11-12,14,16H,4,6-10H2,1-3H3/t12-,14+,16?/m1/s1. The van der Waals surface area contributed by atoms with Crippen molar-refractivity contribution in [2.24, 2.45) is 17.8 Å². The second-order valence-electron chi connectivity index (χ2n) is 6.72. The molecule has 3 nitrogen and oxygen atoms in total. The number of hydrogen-bond donors (Lipinski definition) is 0. The highest BCUT2D eigenvalue weighted by molar-refractivity contribution is 6.01. The van der Waals surface area contributed by atoms with Gasteiger partial charge in [-0.15, -0.1) is 0 Å². The summed E-state index contributed by atoms with van der Waals surface area (Å²) < 4.78 is 5.71. The molecule has 3 atom stereocenters. The first-order valence-electron chi connectivity index (χ1n) is 7.89. The van der Waals surface area contributed by atoms with E-state index in [1.165, 1.54) is 6.42 Å². The summed E-state index contributed by atoms with van der Waals surface area (Å²) in [5, 5.41) is 0. The van der Waals surface area contributed by atoms with Gasteiger partial charge in [0.25, 0.3) is 0 Å². The Bertz CT molecular complexity index is 408. The van der Waals surface area contributed by atoms with Gasteiger partial charge in [-0.3, -0.25) is 9.59 Å². The Morgan fingerprint density at radius 2 is 2.15 bits per heavy atom. The lowest BCUT2D eigenvalue weighted by Crippen LogP contribution is -2.36. The first kappa shape index (κ1) is 15.3. The average Bonchev–Trinajstić information content (AvgIpc) is 2.74. The monoisotopic (exact) mass is 278 g/mol. The van der Waals surface area contributed by atoms with Crippen LogP contribution in [-0.4, -0.2) is 17.9 Å². The minimum Gasteiger partial charge on any atom is -0.462 e. The molecule has 20 heavy (non-hydrogen) atoms. The van der Waals surface area contributed by atoms with Gasteiger partial charge in [-0.1, -0.05) is 33.3 Å². The van der Waals surface area contributed by atoms with Crippen molar-refractivity contribution in [3.63, 3.8) is 0 Å². The zero-order valence-electron chi connectivity index (χ0n) is 12.9. The molecule has 0 aromatic rings. The number of hydrogen-bond acceptors (Lipinski definition) is 3. The minimum atomic E-state index is -0.226. The molecule has 3 heteroatoms. The molecule has 2 aliphatic rings. The molecule has 0 N–H and O–H groups in total. The van der Waals surface area contributed by atoms with Gasteiger partial charge >= 0.3 is 5.97 Å². The van der Waals surface area contributed by atoms with E-state index in [1.807, 2.05) is 6.08 Å². The van der Waals surface area contributed by atoms with Gasteiger partial charge in [-0.2, -0.15) is 0 Å². The van der Waals surface area contributed by atoms with E-state index in [-0.39, 0.29) is 24.3 Å². The first-order chi connectivity index (χ1) is 9.47. The van der Waals surface area contributed by atoms with Crippen molar-refractivity contribution < 1.29 is 14.3 Å². The lowest BCUT2D eigenvalue weighted by molar-refractivity contribution is -0.155. The van der Waals surface area contributed by atoms with Crippen LogP contribution in [0, 0.1) is 17.8 Å².